The summed E-state index contributed by atoms with van der Waals surface area (Å²) in [6.07, 6.45) is 9.42. The third kappa shape index (κ3) is 6.31. The molecule has 0 amide bonds. The molecule has 1 atom stereocenters. The molecule has 2 aromatic heterocycles. The van der Waals surface area contributed by atoms with Gasteiger partial charge in [0.25, 0.3) is 0 Å². The van der Waals surface area contributed by atoms with E-state index in [1.807, 2.05) is 37.6 Å². The molecular formula is C33H43F2N7. The number of likely N-dealkylation sites (tertiary alicyclic amines) is 1. The predicted octanol–water partition coefficient (Wildman–Crippen LogP) is 7.45. The monoisotopic (exact) mass is 575 g/mol. The van der Waals surface area contributed by atoms with Crippen LogP contribution in [0.5, 0.6) is 0 Å². The van der Waals surface area contributed by atoms with Crippen LogP contribution in [-0.4, -0.2) is 58.2 Å². The van der Waals surface area contributed by atoms with Crippen LogP contribution < -0.4 is 5.32 Å². The highest BCUT2D eigenvalue weighted by Gasteiger charge is 2.36. The van der Waals surface area contributed by atoms with Crippen LogP contribution in [0.2, 0.25) is 0 Å². The van der Waals surface area contributed by atoms with Crippen LogP contribution in [0, 0.1) is 24.6 Å². The molecule has 42 heavy (non-hydrogen) atoms. The van der Waals surface area contributed by atoms with Gasteiger partial charge in [-0.05, 0) is 114 Å². The van der Waals surface area contributed by atoms with Gasteiger partial charge in [-0.25, -0.2) is 18.7 Å². The number of allylic oxidation sites excluding steroid dienone is 1. The van der Waals surface area contributed by atoms with E-state index < -0.39 is 11.6 Å². The van der Waals surface area contributed by atoms with E-state index in [1.165, 1.54) is 56.8 Å². The summed E-state index contributed by atoms with van der Waals surface area (Å²) in [4.78, 5) is 19.7. The smallest absolute Gasteiger partial charge is 0.167 e. The second kappa shape index (κ2) is 13.2. The molecule has 1 saturated carbocycles. The van der Waals surface area contributed by atoms with Crippen molar-refractivity contribution >= 4 is 29.3 Å². The molecule has 2 aliphatic rings. The lowest BCUT2D eigenvalue weighted by Gasteiger charge is -2.42. The van der Waals surface area contributed by atoms with Crippen molar-refractivity contribution in [3.05, 3.63) is 65.3 Å². The van der Waals surface area contributed by atoms with Crippen molar-refractivity contribution in [2.24, 2.45) is 21.8 Å². The van der Waals surface area contributed by atoms with Crippen LogP contribution in [0.1, 0.15) is 81.8 Å². The Morgan fingerprint density at radius 3 is 2.50 bits per heavy atom. The summed E-state index contributed by atoms with van der Waals surface area (Å²) in [6.45, 7) is 15.0. The summed E-state index contributed by atoms with van der Waals surface area (Å²) < 4.78 is 32.2. The number of nitrogens with one attached hydrogen (secondary N) is 1. The summed E-state index contributed by atoms with van der Waals surface area (Å²) in [6, 6.07) is 7.24. The maximum Gasteiger partial charge on any atom is 0.167 e. The van der Waals surface area contributed by atoms with E-state index in [9.17, 15) is 0 Å². The molecular weight excluding hydrogens is 532 g/mol. The average Bonchev–Trinajstić information content (AvgIpc) is 3.30. The second-order valence-electron chi connectivity index (χ2n) is 11.9. The van der Waals surface area contributed by atoms with E-state index in [2.05, 4.69) is 44.9 Å². The van der Waals surface area contributed by atoms with E-state index in [-0.39, 0.29) is 23.9 Å². The zero-order valence-electron chi connectivity index (χ0n) is 25.3. The molecule has 7 nitrogen and oxygen atoms in total. The van der Waals surface area contributed by atoms with E-state index in [0.29, 0.717) is 34.6 Å². The fourth-order valence-electron chi connectivity index (χ4n) is 6.77. The second-order valence-corrected chi connectivity index (χ2v) is 11.9. The Hall–Kier alpha value is -3.46. The maximum absolute atomic E-state index is 15.2. The highest BCUT2D eigenvalue weighted by molar-refractivity contribution is 6.12. The fourth-order valence-corrected chi connectivity index (χ4v) is 6.77. The predicted molar refractivity (Wildman–Crippen MR) is 168 cm³/mol. The van der Waals surface area contributed by atoms with Crippen molar-refractivity contribution in [3.8, 4) is 0 Å². The molecule has 1 saturated heterocycles. The number of aryl methyl sites for hydroxylation is 1. The number of pyridine rings is 1. The Balaban J connectivity index is 1.35. The Labute approximate surface area is 247 Å². The normalized spacial score (nSPS) is 18.5. The third-order valence-electron chi connectivity index (χ3n) is 9.06. The molecule has 0 radical (unpaired) electrons. The van der Waals surface area contributed by atoms with Crippen LogP contribution in [-0.2, 0) is 0 Å². The number of imidazole rings is 1. The van der Waals surface area contributed by atoms with Crippen LogP contribution >= 0.6 is 0 Å². The van der Waals surface area contributed by atoms with Gasteiger partial charge in [0, 0.05) is 17.8 Å². The molecule has 1 unspecified atom stereocenters. The van der Waals surface area contributed by atoms with Gasteiger partial charge in [-0.15, -0.1) is 0 Å². The van der Waals surface area contributed by atoms with Gasteiger partial charge in [-0.2, -0.15) is 0 Å². The van der Waals surface area contributed by atoms with Gasteiger partial charge in [0.2, 0.25) is 0 Å². The molecule has 3 aromatic rings. The molecule has 5 rings (SSSR count). The van der Waals surface area contributed by atoms with Crippen LogP contribution in [0.25, 0.3) is 11.0 Å². The number of nitrogens with zero attached hydrogens (tertiary/aromatic N) is 6. The van der Waals surface area contributed by atoms with Gasteiger partial charge < -0.3 is 14.8 Å². The first-order chi connectivity index (χ1) is 20.3. The van der Waals surface area contributed by atoms with Crippen molar-refractivity contribution < 1.29 is 8.78 Å². The fraction of sp³-hybridized carbons (Fsp3) is 0.515. The number of fused-ring (bicyclic) bond motifs is 1. The first-order valence-electron chi connectivity index (χ1n) is 15.3. The molecule has 1 N–H and O–H groups in total. The van der Waals surface area contributed by atoms with Crippen LogP contribution in [0.3, 0.4) is 0 Å². The van der Waals surface area contributed by atoms with Gasteiger partial charge in [0.15, 0.2) is 11.6 Å². The van der Waals surface area contributed by atoms with Crippen molar-refractivity contribution in [1.29, 1.82) is 0 Å². The molecule has 0 bridgehead atoms. The van der Waals surface area contributed by atoms with E-state index in [1.54, 1.807) is 6.07 Å². The van der Waals surface area contributed by atoms with Crippen LogP contribution in [0.4, 0.5) is 14.6 Å². The quantitative estimate of drug-likeness (QED) is 0.241. The zero-order valence-corrected chi connectivity index (χ0v) is 25.3. The van der Waals surface area contributed by atoms with Gasteiger partial charge >= 0.3 is 0 Å². The van der Waals surface area contributed by atoms with Crippen molar-refractivity contribution in [3.63, 3.8) is 0 Å². The topological polar surface area (TPSA) is 70.7 Å². The summed E-state index contributed by atoms with van der Waals surface area (Å²) in [5.41, 5.74) is 2.47. The molecule has 1 aliphatic heterocycles. The Bertz CT molecular complexity index is 1450. The highest BCUT2D eigenvalue weighted by atomic mass is 19.1. The number of hydrogen-bond donors (Lipinski definition) is 1. The maximum atomic E-state index is 15.2. The standard InChI is InChI=1S/C33H43F2N7/c1-6-41-14-12-24(13-15-41)31(23-8-7-9-23)25-10-11-30(37-18-25)38-20-39-32(28(35)19-36-5)26-16-27(34)33-29(17-26)42(21(2)3)22(4)40-33/h10-11,16-19,21,23-24,31H,5-9,12-15,20H2,1-4H3,(H,37,38)/b28-19+,39-32-. The van der Waals surface area contributed by atoms with Gasteiger partial charge in [0.1, 0.15) is 29.5 Å². The largest absolute Gasteiger partial charge is 0.351 e. The molecule has 224 valence electrons. The third-order valence-corrected chi connectivity index (χ3v) is 9.06. The molecule has 9 heteroatoms. The number of anilines is 1. The molecule has 3 heterocycles. The van der Waals surface area contributed by atoms with E-state index in [0.717, 1.165) is 18.7 Å². The first-order valence-corrected chi connectivity index (χ1v) is 15.3. The van der Waals surface area contributed by atoms with Gasteiger partial charge in [0.05, 0.1) is 11.7 Å². The van der Waals surface area contributed by atoms with Crippen molar-refractivity contribution in [2.45, 2.75) is 71.8 Å². The molecule has 1 aromatic carbocycles. The number of aliphatic imine (C=N–C) groups is 2. The number of benzene rings is 1. The minimum Gasteiger partial charge on any atom is -0.351 e. The summed E-state index contributed by atoms with van der Waals surface area (Å²) >= 11 is 0. The number of hydrogen-bond acceptors (Lipinski definition) is 6. The highest BCUT2D eigenvalue weighted by Crippen LogP contribution is 2.46. The number of rotatable bonds is 11. The lowest BCUT2D eigenvalue weighted by molar-refractivity contribution is 0.127. The number of piperidine rings is 1. The van der Waals surface area contributed by atoms with E-state index in [4.69, 9.17) is 4.98 Å². The van der Waals surface area contributed by atoms with Gasteiger partial charge in [-0.1, -0.05) is 19.4 Å². The Morgan fingerprint density at radius 1 is 1.17 bits per heavy atom. The first kappa shape index (κ1) is 30.0. The minimum atomic E-state index is -0.696. The zero-order chi connectivity index (χ0) is 29.8. The van der Waals surface area contributed by atoms with Crippen molar-refractivity contribution in [1.82, 2.24) is 19.4 Å². The number of aromatic nitrogens is 3. The molecule has 1 aliphatic carbocycles. The van der Waals surface area contributed by atoms with Crippen molar-refractivity contribution in [2.75, 3.05) is 31.6 Å². The van der Waals surface area contributed by atoms with Gasteiger partial charge in [-0.3, -0.25) is 9.98 Å². The van der Waals surface area contributed by atoms with E-state index >= 15 is 8.78 Å². The summed E-state index contributed by atoms with van der Waals surface area (Å²) in [5, 5.41) is 3.19. The molecule has 0 spiro atoms. The number of halogens is 2. The minimum absolute atomic E-state index is 0.00931. The average molecular weight is 576 g/mol. The molecule has 2 fully saturated rings. The van der Waals surface area contributed by atoms with Crippen LogP contribution in [0.15, 0.2) is 52.5 Å². The Kier molecular flexibility index (Phi) is 9.46. The SMILES string of the molecule is C=N/C=C(F)\C(=N/CNc1ccc(C(C2CCC2)C2CCN(CC)CC2)cn1)c1cc(F)c2nc(C)n(C(C)C)c2c1. The Morgan fingerprint density at radius 2 is 1.90 bits per heavy atom. The lowest BCUT2D eigenvalue weighted by atomic mass is 9.66. The lowest BCUT2D eigenvalue weighted by Crippen LogP contribution is -2.38. The summed E-state index contributed by atoms with van der Waals surface area (Å²) in [7, 11) is 0. The summed E-state index contributed by atoms with van der Waals surface area (Å²) in [5.74, 6) is 2.15.